The van der Waals surface area contributed by atoms with Gasteiger partial charge in [-0.3, -0.25) is 14.5 Å². The molecule has 36 heavy (non-hydrogen) atoms. The fourth-order valence-electron chi connectivity index (χ4n) is 5.34. The van der Waals surface area contributed by atoms with Gasteiger partial charge in [0.15, 0.2) is 0 Å². The maximum atomic E-state index is 13.6. The van der Waals surface area contributed by atoms with Crippen molar-refractivity contribution in [2.45, 2.75) is 25.3 Å². The van der Waals surface area contributed by atoms with Gasteiger partial charge in [0.25, 0.3) is 11.5 Å². The Kier molecular flexibility index (Phi) is 5.89. The van der Waals surface area contributed by atoms with Crippen molar-refractivity contribution in [2.75, 3.05) is 26.2 Å². The molecule has 0 atom stereocenters. The summed E-state index contributed by atoms with van der Waals surface area (Å²) in [4.78, 5) is 39.0. The van der Waals surface area contributed by atoms with Crippen LogP contribution < -0.4 is 5.56 Å². The van der Waals surface area contributed by atoms with Gasteiger partial charge in [0.2, 0.25) is 5.82 Å². The zero-order valence-corrected chi connectivity index (χ0v) is 20.3. The zero-order valence-electron chi connectivity index (χ0n) is 19.5. The van der Waals surface area contributed by atoms with Crippen LogP contribution in [0.1, 0.15) is 44.6 Å². The topological polar surface area (TPSA) is 69.3 Å². The van der Waals surface area contributed by atoms with Crippen molar-refractivity contribution >= 4 is 27.5 Å². The van der Waals surface area contributed by atoms with E-state index in [9.17, 15) is 18.4 Å². The quantitative estimate of drug-likeness (QED) is 0.448. The minimum atomic E-state index is -0.318. The number of hydrogen-bond acceptors (Lipinski definition) is 5. The number of nitrogens with one attached hydrogen (secondary N) is 1. The molecule has 1 aliphatic carbocycles. The Morgan fingerprint density at radius 3 is 2.14 bits per heavy atom. The number of aryl methyl sites for hydroxylation is 2. The molecular formula is C27H24F2N4O2S. The third kappa shape index (κ3) is 4.12. The number of aromatic amines is 1. The average molecular weight is 507 g/mol. The van der Waals surface area contributed by atoms with Crippen LogP contribution in [0.2, 0.25) is 0 Å². The predicted molar refractivity (Wildman–Crippen MR) is 134 cm³/mol. The van der Waals surface area contributed by atoms with Gasteiger partial charge in [0.1, 0.15) is 16.5 Å². The van der Waals surface area contributed by atoms with Gasteiger partial charge in [-0.15, -0.1) is 11.3 Å². The number of piperazine rings is 1. The van der Waals surface area contributed by atoms with Crippen molar-refractivity contribution in [2.24, 2.45) is 0 Å². The molecule has 2 aromatic heterocycles. The summed E-state index contributed by atoms with van der Waals surface area (Å²) in [5, 5.41) is 0.635. The Labute approximate surface area is 210 Å². The second kappa shape index (κ2) is 9.22. The Morgan fingerprint density at radius 1 is 0.917 bits per heavy atom. The fourth-order valence-corrected chi connectivity index (χ4v) is 6.60. The van der Waals surface area contributed by atoms with Crippen LogP contribution in [0, 0.1) is 11.6 Å². The van der Waals surface area contributed by atoms with Crippen LogP contribution >= 0.6 is 11.3 Å². The third-order valence-electron chi connectivity index (χ3n) is 7.12. The van der Waals surface area contributed by atoms with Crippen molar-refractivity contribution < 1.29 is 13.6 Å². The van der Waals surface area contributed by atoms with Gasteiger partial charge in [0, 0.05) is 31.1 Å². The van der Waals surface area contributed by atoms with Crippen molar-refractivity contribution in [3.8, 4) is 0 Å². The van der Waals surface area contributed by atoms with Crippen LogP contribution in [0.4, 0.5) is 8.78 Å². The minimum absolute atomic E-state index is 0.0782. The number of hydrogen-bond donors (Lipinski definition) is 1. The highest BCUT2D eigenvalue weighted by atomic mass is 32.1. The lowest BCUT2D eigenvalue weighted by molar-refractivity contribution is 0.0586. The van der Waals surface area contributed by atoms with E-state index in [-0.39, 0.29) is 35.0 Å². The Hall–Kier alpha value is -3.43. The maximum absolute atomic E-state index is 13.6. The molecule has 1 N–H and O–H groups in total. The van der Waals surface area contributed by atoms with Crippen LogP contribution in [-0.4, -0.2) is 51.9 Å². The van der Waals surface area contributed by atoms with E-state index in [4.69, 9.17) is 0 Å². The highest BCUT2D eigenvalue weighted by Crippen LogP contribution is 2.35. The summed E-state index contributed by atoms with van der Waals surface area (Å²) < 4.78 is 27.2. The summed E-state index contributed by atoms with van der Waals surface area (Å²) in [6, 6.07) is 12.4. The van der Waals surface area contributed by atoms with Crippen molar-refractivity contribution in [1.82, 2.24) is 19.8 Å². The lowest BCUT2D eigenvalue weighted by Crippen LogP contribution is -2.50. The standard InChI is InChI=1S/C27H24F2N4O2S/c28-18-8-4-16(5-9-18)23(17-6-10-19(29)11-7-17)32-12-14-33(15-13-32)27(35)24-30-25(34)22-20-2-1-3-21(20)36-26(22)31-24/h4-11,23H,1-3,12-15H2,(H,30,31,34). The van der Waals surface area contributed by atoms with Crippen molar-refractivity contribution in [1.29, 1.82) is 0 Å². The molecule has 0 spiro atoms. The number of nitrogens with zero attached hydrogens (tertiary/aromatic N) is 3. The first-order valence-corrected chi connectivity index (χ1v) is 12.9. The normalized spacial score (nSPS) is 16.1. The van der Waals surface area contributed by atoms with E-state index in [0.29, 0.717) is 36.4 Å². The number of carbonyl (C=O) groups is 1. The van der Waals surface area contributed by atoms with E-state index < -0.39 is 0 Å². The smallest absolute Gasteiger partial charge is 0.289 e. The van der Waals surface area contributed by atoms with Gasteiger partial charge in [0.05, 0.1) is 11.4 Å². The molecule has 0 radical (unpaired) electrons. The summed E-state index contributed by atoms with van der Waals surface area (Å²) in [6.45, 7) is 2.01. The molecule has 6 nitrogen and oxygen atoms in total. The molecule has 6 rings (SSSR count). The van der Waals surface area contributed by atoms with Crippen LogP contribution in [-0.2, 0) is 12.8 Å². The van der Waals surface area contributed by atoms with Gasteiger partial charge < -0.3 is 9.88 Å². The van der Waals surface area contributed by atoms with Gasteiger partial charge >= 0.3 is 0 Å². The van der Waals surface area contributed by atoms with Gasteiger partial charge in [-0.25, -0.2) is 13.8 Å². The Bertz CT molecular complexity index is 1440. The molecule has 0 bridgehead atoms. The maximum Gasteiger partial charge on any atom is 0.289 e. The first kappa shape index (κ1) is 23.0. The number of halogens is 2. The molecule has 1 amide bonds. The number of aromatic nitrogens is 2. The van der Waals surface area contributed by atoms with E-state index in [1.807, 2.05) is 0 Å². The summed E-state index contributed by atoms with van der Waals surface area (Å²) >= 11 is 1.52. The summed E-state index contributed by atoms with van der Waals surface area (Å²) in [5.74, 6) is -0.847. The molecule has 2 aromatic carbocycles. The van der Waals surface area contributed by atoms with Crippen LogP contribution in [0.25, 0.3) is 10.2 Å². The van der Waals surface area contributed by atoms with Crippen LogP contribution in [0.3, 0.4) is 0 Å². The number of benzene rings is 2. The molecule has 0 saturated carbocycles. The highest BCUT2D eigenvalue weighted by molar-refractivity contribution is 7.18. The average Bonchev–Trinajstić information content (AvgIpc) is 3.48. The number of carbonyl (C=O) groups excluding carboxylic acids is 1. The minimum Gasteiger partial charge on any atom is -0.333 e. The van der Waals surface area contributed by atoms with Crippen molar-refractivity contribution in [3.05, 3.63) is 97.9 Å². The SMILES string of the molecule is O=C(c1nc2sc3c(c2c(=O)[nH]1)CCC3)N1CCN(C(c2ccc(F)cc2)c2ccc(F)cc2)CC1. The second-order valence-electron chi connectivity index (χ2n) is 9.29. The number of fused-ring (bicyclic) bond motifs is 3. The van der Waals surface area contributed by atoms with Gasteiger partial charge in [-0.1, -0.05) is 24.3 Å². The van der Waals surface area contributed by atoms with Crippen LogP contribution in [0.5, 0.6) is 0 Å². The monoisotopic (exact) mass is 506 g/mol. The predicted octanol–water partition coefficient (Wildman–Crippen LogP) is 4.30. The lowest BCUT2D eigenvalue weighted by Gasteiger charge is -2.39. The Morgan fingerprint density at radius 2 is 1.53 bits per heavy atom. The first-order chi connectivity index (χ1) is 17.5. The molecule has 0 unspecified atom stereocenters. The van der Waals surface area contributed by atoms with E-state index in [2.05, 4.69) is 14.9 Å². The van der Waals surface area contributed by atoms with Gasteiger partial charge in [-0.05, 0) is 60.2 Å². The first-order valence-electron chi connectivity index (χ1n) is 12.1. The Balaban J connectivity index is 1.23. The molecule has 1 aliphatic heterocycles. The molecule has 9 heteroatoms. The van der Waals surface area contributed by atoms with E-state index in [0.717, 1.165) is 36.0 Å². The third-order valence-corrected chi connectivity index (χ3v) is 8.30. The van der Waals surface area contributed by atoms with Gasteiger partial charge in [-0.2, -0.15) is 0 Å². The number of amides is 1. The number of thiophene rings is 1. The summed E-state index contributed by atoms with van der Waals surface area (Å²) in [6.07, 6.45) is 2.90. The van der Waals surface area contributed by atoms with E-state index >= 15 is 0 Å². The largest absolute Gasteiger partial charge is 0.333 e. The van der Waals surface area contributed by atoms with Crippen LogP contribution in [0.15, 0.2) is 53.3 Å². The number of rotatable bonds is 4. The molecule has 1 saturated heterocycles. The van der Waals surface area contributed by atoms with E-state index in [1.165, 1.54) is 40.5 Å². The fraction of sp³-hybridized carbons (Fsp3) is 0.296. The molecule has 184 valence electrons. The molecule has 4 aromatic rings. The lowest BCUT2D eigenvalue weighted by atomic mass is 9.96. The molecule has 2 aliphatic rings. The van der Waals surface area contributed by atoms with Crippen molar-refractivity contribution in [3.63, 3.8) is 0 Å². The molecular weight excluding hydrogens is 482 g/mol. The molecule has 3 heterocycles. The summed E-state index contributed by atoms with van der Waals surface area (Å²) in [7, 11) is 0. The highest BCUT2D eigenvalue weighted by Gasteiger charge is 2.30. The molecule has 1 fully saturated rings. The zero-order chi connectivity index (χ0) is 24.8. The van der Waals surface area contributed by atoms with E-state index in [1.54, 1.807) is 29.2 Å². The summed E-state index contributed by atoms with van der Waals surface area (Å²) in [5.41, 5.74) is 2.63. The second-order valence-corrected chi connectivity index (χ2v) is 10.4. The number of H-pyrrole nitrogens is 1.